The van der Waals surface area contributed by atoms with Crippen LogP contribution in [0, 0.1) is 17.5 Å². The highest BCUT2D eigenvalue weighted by Crippen LogP contribution is 2.15. The van der Waals surface area contributed by atoms with E-state index in [1.807, 2.05) is 0 Å². The Balaban J connectivity index is 3.15. The van der Waals surface area contributed by atoms with Gasteiger partial charge < -0.3 is 5.11 Å². The molecule has 1 aromatic carbocycles. The van der Waals surface area contributed by atoms with Crippen LogP contribution < -0.4 is 0 Å². The van der Waals surface area contributed by atoms with Crippen LogP contribution in [0.1, 0.15) is 5.56 Å². The standard InChI is InChI=1S/C9H5F3O2/c10-5-3-7(11)6(8(12)4-5)1-2-9(13)14/h1-4H,(H,13,14). The van der Waals surface area contributed by atoms with E-state index in [4.69, 9.17) is 5.11 Å². The number of benzene rings is 1. The molecule has 1 aromatic rings. The van der Waals surface area contributed by atoms with Crippen LogP contribution in [-0.4, -0.2) is 11.1 Å². The molecular formula is C9H5F3O2. The SMILES string of the molecule is O=C(O)C=Cc1c(F)cc(F)cc1F. The van der Waals surface area contributed by atoms with Crippen molar-refractivity contribution in [2.45, 2.75) is 0 Å². The molecule has 2 nitrogen and oxygen atoms in total. The first-order valence-corrected chi connectivity index (χ1v) is 3.56. The summed E-state index contributed by atoms with van der Waals surface area (Å²) in [6.45, 7) is 0. The Morgan fingerprint density at radius 1 is 1.21 bits per heavy atom. The molecule has 5 heteroatoms. The van der Waals surface area contributed by atoms with Crippen LogP contribution in [0.25, 0.3) is 6.08 Å². The lowest BCUT2D eigenvalue weighted by Gasteiger charge is -1.98. The average Bonchev–Trinajstić information content (AvgIpc) is 2.01. The predicted octanol–water partition coefficient (Wildman–Crippen LogP) is 2.20. The molecule has 0 radical (unpaired) electrons. The predicted molar refractivity (Wildman–Crippen MR) is 43.0 cm³/mol. The Morgan fingerprint density at radius 3 is 2.14 bits per heavy atom. The first kappa shape index (κ1) is 10.3. The summed E-state index contributed by atoms with van der Waals surface area (Å²) in [5.41, 5.74) is -0.575. The van der Waals surface area contributed by atoms with Gasteiger partial charge in [-0.05, 0) is 6.08 Å². The molecule has 0 saturated carbocycles. The fourth-order valence-electron chi connectivity index (χ4n) is 0.867. The fourth-order valence-corrected chi connectivity index (χ4v) is 0.867. The maximum Gasteiger partial charge on any atom is 0.328 e. The monoisotopic (exact) mass is 202 g/mol. The summed E-state index contributed by atoms with van der Waals surface area (Å²) < 4.78 is 38.1. The highest BCUT2D eigenvalue weighted by molar-refractivity contribution is 5.85. The Hall–Kier alpha value is -1.78. The molecule has 0 bridgehead atoms. The van der Waals surface area contributed by atoms with Gasteiger partial charge >= 0.3 is 5.97 Å². The zero-order chi connectivity index (χ0) is 10.7. The fraction of sp³-hybridized carbons (Fsp3) is 0. The van der Waals surface area contributed by atoms with Crippen LogP contribution >= 0.6 is 0 Å². The smallest absolute Gasteiger partial charge is 0.328 e. The lowest BCUT2D eigenvalue weighted by atomic mass is 10.2. The summed E-state index contributed by atoms with van der Waals surface area (Å²) in [6, 6.07) is 0.954. The zero-order valence-electron chi connectivity index (χ0n) is 6.80. The van der Waals surface area contributed by atoms with Crippen molar-refractivity contribution in [3.63, 3.8) is 0 Å². The number of halogens is 3. The van der Waals surface area contributed by atoms with Crippen LogP contribution in [-0.2, 0) is 4.79 Å². The van der Waals surface area contributed by atoms with E-state index in [2.05, 4.69) is 0 Å². The van der Waals surface area contributed by atoms with Gasteiger partial charge in [0.25, 0.3) is 0 Å². The third-order valence-corrected chi connectivity index (χ3v) is 1.44. The topological polar surface area (TPSA) is 37.3 Å². The summed E-state index contributed by atoms with van der Waals surface area (Å²) in [6.07, 6.45) is 1.30. The molecule has 0 aliphatic heterocycles. The number of carboxylic acids is 1. The van der Waals surface area contributed by atoms with E-state index in [1.54, 1.807) is 0 Å². The summed E-state index contributed by atoms with van der Waals surface area (Å²) in [5, 5.41) is 8.21. The lowest BCUT2D eigenvalue weighted by Crippen LogP contribution is -1.93. The largest absolute Gasteiger partial charge is 0.478 e. The van der Waals surface area contributed by atoms with Crippen molar-refractivity contribution in [3.8, 4) is 0 Å². The second kappa shape index (κ2) is 3.95. The lowest BCUT2D eigenvalue weighted by molar-refractivity contribution is -0.131. The molecule has 0 heterocycles. The quantitative estimate of drug-likeness (QED) is 0.746. The van der Waals surface area contributed by atoms with Gasteiger partial charge in [-0.25, -0.2) is 18.0 Å². The normalized spacial score (nSPS) is 10.8. The third kappa shape index (κ3) is 2.35. The molecule has 0 spiro atoms. The van der Waals surface area contributed by atoms with Crippen LogP contribution in [0.3, 0.4) is 0 Å². The van der Waals surface area contributed by atoms with E-state index in [0.717, 1.165) is 6.08 Å². The van der Waals surface area contributed by atoms with E-state index < -0.39 is 29.0 Å². The maximum absolute atomic E-state index is 12.8. The number of carbonyl (C=O) groups is 1. The van der Waals surface area contributed by atoms with E-state index in [-0.39, 0.29) is 0 Å². The maximum atomic E-state index is 12.8. The Labute approximate surface area is 77.3 Å². The Bertz CT molecular complexity index is 376. The van der Waals surface area contributed by atoms with E-state index in [1.165, 1.54) is 0 Å². The summed E-state index contributed by atoms with van der Waals surface area (Å²) in [4.78, 5) is 10.1. The van der Waals surface area contributed by atoms with Crippen molar-refractivity contribution in [1.29, 1.82) is 0 Å². The second-order valence-electron chi connectivity index (χ2n) is 2.45. The molecular weight excluding hydrogens is 197 g/mol. The molecule has 0 atom stereocenters. The van der Waals surface area contributed by atoms with E-state index in [0.29, 0.717) is 18.2 Å². The summed E-state index contributed by atoms with van der Waals surface area (Å²) in [7, 11) is 0. The molecule has 0 aliphatic rings. The molecule has 1 N–H and O–H groups in total. The van der Waals surface area contributed by atoms with Crippen LogP contribution in [0.4, 0.5) is 13.2 Å². The number of hydrogen-bond acceptors (Lipinski definition) is 1. The second-order valence-corrected chi connectivity index (χ2v) is 2.45. The van der Waals surface area contributed by atoms with Crippen LogP contribution in [0.5, 0.6) is 0 Å². The Kier molecular flexibility index (Phi) is 2.91. The molecule has 0 aromatic heterocycles. The van der Waals surface area contributed by atoms with E-state index in [9.17, 15) is 18.0 Å². The van der Waals surface area contributed by atoms with Crippen molar-refractivity contribution in [3.05, 3.63) is 41.2 Å². The number of aliphatic carboxylic acids is 1. The van der Waals surface area contributed by atoms with Crippen LogP contribution in [0.15, 0.2) is 18.2 Å². The van der Waals surface area contributed by atoms with Crippen molar-refractivity contribution in [2.24, 2.45) is 0 Å². The molecule has 0 amide bonds. The number of hydrogen-bond donors (Lipinski definition) is 1. The molecule has 0 fully saturated rings. The first-order chi connectivity index (χ1) is 6.50. The summed E-state index contributed by atoms with van der Waals surface area (Å²) in [5.74, 6) is -4.67. The van der Waals surface area contributed by atoms with Gasteiger partial charge in [0, 0.05) is 23.8 Å². The zero-order valence-corrected chi connectivity index (χ0v) is 6.80. The van der Waals surface area contributed by atoms with Crippen molar-refractivity contribution in [1.82, 2.24) is 0 Å². The average molecular weight is 202 g/mol. The number of rotatable bonds is 2. The van der Waals surface area contributed by atoms with Crippen molar-refractivity contribution < 1.29 is 23.1 Å². The minimum Gasteiger partial charge on any atom is -0.478 e. The van der Waals surface area contributed by atoms with Gasteiger partial charge in [0.05, 0.1) is 0 Å². The highest BCUT2D eigenvalue weighted by atomic mass is 19.1. The number of carboxylic acid groups (broad SMARTS) is 1. The van der Waals surface area contributed by atoms with Gasteiger partial charge in [-0.2, -0.15) is 0 Å². The van der Waals surface area contributed by atoms with Crippen molar-refractivity contribution >= 4 is 12.0 Å². The first-order valence-electron chi connectivity index (χ1n) is 3.56. The van der Waals surface area contributed by atoms with E-state index >= 15 is 0 Å². The summed E-state index contributed by atoms with van der Waals surface area (Å²) >= 11 is 0. The molecule has 14 heavy (non-hydrogen) atoms. The molecule has 74 valence electrons. The van der Waals surface area contributed by atoms with Gasteiger partial charge in [0.15, 0.2) is 0 Å². The van der Waals surface area contributed by atoms with Gasteiger partial charge in [0.1, 0.15) is 17.5 Å². The Morgan fingerprint density at radius 2 is 1.71 bits per heavy atom. The van der Waals surface area contributed by atoms with Gasteiger partial charge in [0.2, 0.25) is 0 Å². The minimum atomic E-state index is -1.34. The van der Waals surface area contributed by atoms with Gasteiger partial charge in [-0.15, -0.1) is 0 Å². The minimum absolute atomic E-state index is 0.477. The molecule has 1 rings (SSSR count). The highest BCUT2D eigenvalue weighted by Gasteiger charge is 2.08. The molecule has 0 unspecified atom stereocenters. The molecule has 0 saturated heterocycles. The van der Waals surface area contributed by atoms with Crippen LogP contribution in [0.2, 0.25) is 0 Å². The van der Waals surface area contributed by atoms with Gasteiger partial charge in [-0.3, -0.25) is 0 Å². The van der Waals surface area contributed by atoms with Gasteiger partial charge in [-0.1, -0.05) is 0 Å². The third-order valence-electron chi connectivity index (χ3n) is 1.44. The van der Waals surface area contributed by atoms with Crippen molar-refractivity contribution in [2.75, 3.05) is 0 Å². The molecule has 0 aliphatic carbocycles.